The molecule has 0 spiro atoms. The Morgan fingerprint density at radius 1 is 1.50 bits per heavy atom. The Bertz CT molecular complexity index is 435. The smallest absolute Gasteiger partial charge is 0.253 e. The van der Waals surface area contributed by atoms with E-state index >= 15 is 0 Å². The van der Waals surface area contributed by atoms with Crippen molar-refractivity contribution in [3.05, 3.63) is 33.8 Å². The Morgan fingerprint density at radius 2 is 2.19 bits per heavy atom. The number of hydrogen-bond acceptors (Lipinski definition) is 3. The van der Waals surface area contributed by atoms with E-state index in [0.29, 0.717) is 5.02 Å². The molecule has 0 bridgehead atoms. The molecule has 1 aromatic rings. The Kier molecular flexibility index (Phi) is 4.39. The van der Waals surface area contributed by atoms with Gasteiger partial charge in [-0.3, -0.25) is 4.79 Å². The highest BCUT2D eigenvalue weighted by atomic mass is 35.5. The van der Waals surface area contributed by atoms with Gasteiger partial charge in [-0.05, 0) is 18.2 Å². The van der Waals surface area contributed by atoms with E-state index < -0.39 is 5.91 Å². The van der Waals surface area contributed by atoms with Crippen molar-refractivity contribution in [2.24, 2.45) is 10.9 Å². The van der Waals surface area contributed by atoms with Crippen LogP contribution in [-0.2, 0) is 0 Å². The standard InChI is InChI=1S/C9H9Cl2N3O2/c10-5-1-2-7(11)6(3-5)9(15)13-4-8(12)14-16/h1-3,16H,4H2,(H2,12,14)(H,13,15). The fourth-order valence-electron chi connectivity index (χ4n) is 0.973. The number of benzene rings is 1. The number of hydrogen-bond donors (Lipinski definition) is 3. The molecule has 0 heterocycles. The summed E-state index contributed by atoms with van der Waals surface area (Å²) in [4.78, 5) is 11.6. The lowest BCUT2D eigenvalue weighted by atomic mass is 10.2. The molecule has 0 aromatic heterocycles. The van der Waals surface area contributed by atoms with Crippen LogP contribution in [0.4, 0.5) is 0 Å². The molecular formula is C9H9Cl2N3O2. The average Bonchev–Trinajstić information content (AvgIpc) is 2.28. The van der Waals surface area contributed by atoms with Gasteiger partial charge in [-0.15, -0.1) is 0 Å². The minimum atomic E-state index is -0.445. The maximum Gasteiger partial charge on any atom is 0.253 e. The van der Waals surface area contributed by atoms with Gasteiger partial charge in [0.25, 0.3) is 5.91 Å². The van der Waals surface area contributed by atoms with Crippen LogP contribution < -0.4 is 11.1 Å². The third-order valence-corrected chi connectivity index (χ3v) is 2.30. The quantitative estimate of drug-likeness (QED) is 0.333. The highest BCUT2D eigenvalue weighted by Crippen LogP contribution is 2.20. The maximum absolute atomic E-state index is 11.6. The number of amides is 1. The normalized spacial score (nSPS) is 11.2. The minimum absolute atomic E-state index is 0.0713. The largest absolute Gasteiger partial charge is 0.409 e. The molecular weight excluding hydrogens is 253 g/mol. The van der Waals surface area contributed by atoms with Crippen LogP contribution in [0.2, 0.25) is 10.0 Å². The third-order valence-electron chi connectivity index (χ3n) is 1.73. The van der Waals surface area contributed by atoms with E-state index in [4.69, 9.17) is 34.1 Å². The zero-order chi connectivity index (χ0) is 12.1. The first kappa shape index (κ1) is 12.6. The summed E-state index contributed by atoms with van der Waals surface area (Å²) in [5.74, 6) is -0.550. The molecule has 0 unspecified atom stereocenters. The van der Waals surface area contributed by atoms with Gasteiger partial charge in [0, 0.05) is 5.02 Å². The lowest BCUT2D eigenvalue weighted by Gasteiger charge is -2.06. The van der Waals surface area contributed by atoms with Gasteiger partial charge in [-0.25, -0.2) is 0 Å². The van der Waals surface area contributed by atoms with Crippen molar-refractivity contribution in [1.82, 2.24) is 5.32 Å². The SMILES string of the molecule is N/C(CNC(=O)c1cc(Cl)ccc1Cl)=N\O. The molecule has 0 saturated heterocycles. The molecule has 1 amide bonds. The first-order chi connectivity index (χ1) is 7.54. The number of carbonyl (C=O) groups is 1. The molecule has 5 nitrogen and oxygen atoms in total. The molecule has 0 aliphatic rings. The number of carbonyl (C=O) groups excluding carboxylic acids is 1. The van der Waals surface area contributed by atoms with Crippen LogP contribution in [0.3, 0.4) is 0 Å². The van der Waals surface area contributed by atoms with Gasteiger partial charge < -0.3 is 16.3 Å². The van der Waals surface area contributed by atoms with Crippen molar-refractivity contribution in [1.29, 1.82) is 0 Å². The number of oxime groups is 1. The monoisotopic (exact) mass is 261 g/mol. The Labute approximate surface area is 102 Å². The van der Waals surface area contributed by atoms with Crippen LogP contribution >= 0.6 is 23.2 Å². The van der Waals surface area contributed by atoms with Crippen molar-refractivity contribution in [2.75, 3.05) is 6.54 Å². The van der Waals surface area contributed by atoms with Crippen molar-refractivity contribution < 1.29 is 10.0 Å². The van der Waals surface area contributed by atoms with E-state index in [1.807, 2.05) is 0 Å². The molecule has 4 N–H and O–H groups in total. The molecule has 0 saturated carbocycles. The lowest BCUT2D eigenvalue weighted by molar-refractivity contribution is 0.0959. The molecule has 7 heteroatoms. The van der Waals surface area contributed by atoms with Crippen LogP contribution in [0.25, 0.3) is 0 Å². The van der Waals surface area contributed by atoms with Crippen LogP contribution in [0.5, 0.6) is 0 Å². The summed E-state index contributed by atoms with van der Waals surface area (Å²) < 4.78 is 0. The molecule has 0 aliphatic heterocycles. The predicted molar refractivity (Wildman–Crippen MR) is 62.2 cm³/mol. The number of nitrogens with two attached hydrogens (primary N) is 1. The number of amidine groups is 1. The summed E-state index contributed by atoms with van der Waals surface area (Å²) in [6.45, 7) is -0.0713. The van der Waals surface area contributed by atoms with Crippen LogP contribution in [-0.4, -0.2) is 23.5 Å². The van der Waals surface area contributed by atoms with E-state index in [1.54, 1.807) is 6.07 Å². The van der Waals surface area contributed by atoms with Crippen molar-refractivity contribution in [2.45, 2.75) is 0 Å². The van der Waals surface area contributed by atoms with Crippen molar-refractivity contribution >= 4 is 34.9 Å². The first-order valence-electron chi connectivity index (χ1n) is 4.24. The fourth-order valence-corrected chi connectivity index (χ4v) is 1.35. The second-order valence-electron chi connectivity index (χ2n) is 2.90. The van der Waals surface area contributed by atoms with Crippen LogP contribution in [0.1, 0.15) is 10.4 Å². The van der Waals surface area contributed by atoms with Gasteiger partial charge >= 0.3 is 0 Å². The summed E-state index contributed by atoms with van der Waals surface area (Å²) >= 11 is 11.5. The van der Waals surface area contributed by atoms with Gasteiger partial charge in [-0.2, -0.15) is 0 Å². The number of rotatable bonds is 3. The minimum Gasteiger partial charge on any atom is -0.409 e. The molecule has 0 atom stereocenters. The summed E-state index contributed by atoms with van der Waals surface area (Å²) in [6.07, 6.45) is 0. The van der Waals surface area contributed by atoms with E-state index in [9.17, 15) is 4.79 Å². The first-order valence-corrected chi connectivity index (χ1v) is 5.00. The summed E-state index contributed by atoms with van der Waals surface area (Å²) in [6, 6.07) is 4.53. The fraction of sp³-hybridized carbons (Fsp3) is 0.111. The van der Waals surface area contributed by atoms with E-state index in [1.165, 1.54) is 12.1 Å². The van der Waals surface area contributed by atoms with Gasteiger partial charge in [0.2, 0.25) is 0 Å². The highest BCUT2D eigenvalue weighted by molar-refractivity contribution is 6.35. The zero-order valence-corrected chi connectivity index (χ0v) is 9.59. The van der Waals surface area contributed by atoms with Gasteiger partial charge in [0.15, 0.2) is 5.84 Å². The topological polar surface area (TPSA) is 87.7 Å². The van der Waals surface area contributed by atoms with E-state index in [2.05, 4.69) is 10.5 Å². The Balaban J connectivity index is 2.77. The average molecular weight is 262 g/mol. The van der Waals surface area contributed by atoms with Crippen LogP contribution in [0.15, 0.2) is 23.4 Å². The lowest BCUT2D eigenvalue weighted by Crippen LogP contribution is -2.33. The molecule has 1 aromatic carbocycles. The molecule has 16 heavy (non-hydrogen) atoms. The summed E-state index contributed by atoms with van der Waals surface area (Å²) in [7, 11) is 0. The molecule has 1 rings (SSSR count). The molecule has 0 aliphatic carbocycles. The number of nitrogens with one attached hydrogen (secondary N) is 1. The van der Waals surface area contributed by atoms with Gasteiger partial charge in [0.1, 0.15) is 0 Å². The van der Waals surface area contributed by atoms with Crippen molar-refractivity contribution in [3.8, 4) is 0 Å². The van der Waals surface area contributed by atoms with E-state index in [0.717, 1.165) is 0 Å². The Morgan fingerprint density at radius 3 is 2.81 bits per heavy atom. The molecule has 0 radical (unpaired) electrons. The summed E-state index contributed by atoms with van der Waals surface area (Å²) in [5, 5.41) is 14.1. The second kappa shape index (κ2) is 5.58. The van der Waals surface area contributed by atoms with Gasteiger partial charge in [0.05, 0.1) is 17.1 Å². The third kappa shape index (κ3) is 3.29. The molecule has 86 valence electrons. The van der Waals surface area contributed by atoms with Gasteiger partial charge in [-0.1, -0.05) is 28.4 Å². The zero-order valence-electron chi connectivity index (χ0n) is 8.08. The highest BCUT2D eigenvalue weighted by Gasteiger charge is 2.10. The van der Waals surface area contributed by atoms with Crippen LogP contribution in [0, 0.1) is 0 Å². The van der Waals surface area contributed by atoms with E-state index in [-0.39, 0.29) is 23.0 Å². The predicted octanol–water partition coefficient (Wildman–Crippen LogP) is 1.47. The number of nitrogens with zero attached hydrogens (tertiary/aromatic N) is 1. The number of halogens is 2. The molecule has 0 fully saturated rings. The Hall–Kier alpha value is -1.46. The maximum atomic E-state index is 11.6. The van der Waals surface area contributed by atoms with Crippen molar-refractivity contribution in [3.63, 3.8) is 0 Å². The second-order valence-corrected chi connectivity index (χ2v) is 3.74. The summed E-state index contributed by atoms with van der Waals surface area (Å²) in [5.41, 5.74) is 5.43.